The first kappa shape index (κ1) is 10.3. The number of carbonyl (C=O) groups is 1. The van der Waals surface area contributed by atoms with Crippen molar-refractivity contribution in [3.05, 3.63) is 11.8 Å². The van der Waals surface area contributed by atoms with Crippen molar-refractivity contribution in [3.8, 4) is 12.3 Å². The molecule has 0 aliphatic heterocycles. The molecule has 1 aromatic heterocycles. The molecule has 0 bridgehead atoms. The number of hydrogen-bond acceptors (Lipinski definition) is 4. The van der Waals surface area contributed by atoms with Crippen molar-refractivity contribution in [1.82, 2.24) is 10.5 Å². The van der Waals surface area contributed by atoms with Crippen LogP contribution in [-0.2, 0) is 4.79 Å². The Balaban J connectivity index is 2.31. The van der Waals surface area contributed by atoms with Gasteiger partial charge in [-0.1, -0.05) is 11.1 Å². The molecule has 0 saturated carbocycles. The molecule has 1 heterocycles. The second-order valence-electron chi connectivity index (χ2n) is 2.69. The zero-order chi connectivity index (χ0) is 10.4. The van der Waals surface area contributed by atoms with Crippen molar-refractivity contribution in [2.45, 2.75) is 6.92 Å². The van der Waals surface area contributed by atoms with E-state index in [0.717, 1.165) is 5.69 Å². The highest BCUT2D eigenvalue weighted by Crippen LogP contribution is 2.07. The molecule has 2 N–H and O–H groups in total. The fourth-order valence-corrected chi connectivity index (χ4v) is 0.852. The lowest BCUT2D eigenvalue weighted by Crippen LogP contribution is -2.28. The van der Waals surface area contributed by atoms with Crippen LogP contribution in [0.25, 0.3) is 0 Å². The van der Waals surface area contributed by atoms with Gasteiger partial charge in [0.05, 0.1) is 18.8 Å². The van der Waals surface area contributed by atoms with Crippen LogP contribution in [0.1, 0.15) is 5.69 Å². The number of aromatic nitrogens is 1. The minimum absolute atomic E-state index is 0.157. The highest BCUT2D eigenvalue weighted by molar-refractivity contribution is 5.90. The monoisotopic (exact) mass is 193 g/mol. The maximum absolute atomic E-state index is 11.2. The number of terminal acetylenes is 1. The Morgan fingerprint density at radius 1 is 1.79 bits per heavy atom. The van der Waals surface area contributed by atoms with Gasteiger partial charge in [0, 0.05) is 6.07 Å². The molecule has 0 aliphatic rings. The molecule has 0 saturated heterocycles. The molecule has 14 heavy (non-hydrogen) atoms. The molecule has 0 spiro atoms. The van der Waals surface area contributed by atoms with Gasteiger partial charge in [-0.15, -0.1) is 6.42 Å². The summed E-state index contributed by atoms with van der Waals surface area (Å²) < 4.78 is 4.79. The lowest BCUT2D eigenvalue weighted by molar-refractivity contribution is -0.115. The van der Waals surface area contributed by atoms with Gasteiger partial charge in [-0.05, 0) is 6.92 Å². The molecule has 74 valence electrons. The predicted molar refractivity (Wildman–Crippen MR) is 51.6 cm³/mol. The Labute approximate surface area is 81.8 Å². The third-order valence-corrected chi connectivity index (χ3v) is 1.40. The fourth-order valence-electron chi connectivity index (χ4n) is 0.852. The van der Waals surface area contributed by atoms with E-state index in [1.807, 2.05) is 0 Å². The summed E-state index contributed by atoms with van der Waals surface area (Å²) in [6, 6.07) is 1.64. The van der Waals surface area contributed by atoms with Gasteiger partial charge in [0.1, 0.15) is 0 Å². The molecule has 1 aromatic rings. The Bertz CT molecular complexity index is 351. The van der Waals surface area contributed by atoms with E-state index >= 15 is 0 Å². The van der Waals surface area contributed by atoms with Gasteiger partial charge < -0.3 is 4.52 Å². The average Bonchev–Trinajstić information content (AvgIpc) is 2.52. The first-order valence-corrected chi connectivity index (χ1v) is 4.09. The van der Waals surface area contributed by atoms with Crippen LogP contribution in [0.4, 0.5) is 5.88 Å². The number of aryl methyl sites for hydroxylation is 1. The van der Waals surface area contributed by atoms with Crippen LogP contribution in [-0.4, -0.2) is 24.2 Å². The summed E-state index contributed by atoms with van der Waals surface area (Å²) in [5.74, 6) is 2.50. The molecule has 0 atom stereocenters. The number of anilines is 1. The molecule has 0 aromatic carbocycles. The van der Waals surface area contributed by atoms with Gasteiger partial charge in [0.25, 0.3) is 0 Å². The molecular weight excluding hydrogens is 182 g/mol. The van der Waals surface area contributed by atoms with E-state index in [-0.39, 0.29) is 12.5 Å². The third-order valence-electron chi connectivity index (χ3n) is 1.40. The van der Waals surface area contributed by atoms with E-state index in [2.05, 4.69) is 21.7 Å². The van der Waals surface area contributed by atoms with E-state index in [9.17, 15) is 4.79 Å². The van der Waals surface area contributed by atoms with E-state index in [1.165, 1.54) is 0 Å². The van der Waals surface area contributed by atoms with Crippen LogP contribution < -0.4 is 10.6 Å². The highest BCUT2D eigenvalue weighted by atomic mass is 16.5. The third kappa shape index (κ3) is 3.29. The number of nitrogens with zero attached hydrogens (tertiary/aromatic N) is 1. The van der Waals surface area contributed by atoms with Crippen molar-refractivity contribution >= 4 is 11.8 Å². The Morgan fingerprint density at radius 3 is 3.14 bits per heavy atom. The van der Waals surface area contributed by atoms with Crippen LogP contribution in [0.2, 0.25) is 0 Å². The number of amides is 1. The zero-order valence-electron chi connectivity index (χ0n) is 7.83. The van der Waals surface area contributed by atoms with E-state index in [1.54, 1.807) is 13.0 Å². The maximum Gasteiger partial charge on any atom is 0.240 e. The standard InChI is InChI=1S/C9H11N3O2/c1-3-4-10-6-8(13)11-9-5-7(2)12-14-9/h1,5,10H,4,6H2,2H3,(H,11,13). The van der Waals surface area contributed by atoms with Crippen LogP contribution >= 0.6 is 0 Å². The Morgan fingerprint density at radius 2 is 2.57 bits per heavy atom. The molecule has 5 heteroatoms. The smallest absolute Gasteiger partial charge is 0.240 e. The van der Waals surface area contributed by atoms with E-state index in [0.29, 0.717) is 12.4 Å². The minimum Gasteiger partial charge on any atom is -0.338 e. The van der Waals surface area contributed by atoms with Crippen molar-refractivity contribution in [2.24, 2.45) is 0 Å². The lowest BCUT2D eigenvalue weighted by Gasteiger charge is -1.99. The molecule has 5 nitrogen and oxygen atoms in total. The van der Waals surface area contributed by atoms with Gasteiger partial charge in [0.2, 0.25) is 11.8 Å². The van der Waals surface area contributed by atoms with Crippen molar-refractivity contribution < 1.29 is 9.32 Å². The fraction of sp³-hybridized carbons (Fsp3) is 0.333. The number of rotatable bonds is 4. The second kappa shape index (κ2) is 5.04. The quantitative estimate of drug-likeness (QED) is 0.527. The van der Waals surface area contributed by atoms with Crippen LogP contribution in [0.3, 0.4) is 0 Å². The highest BCUT2D eigenvalue weighted by Gasteiger charge is 2.04. The molecule has 1 rings (SSSR count). The van der Waals surface area contributed by atoms with Crippen molar-refractivity contribution in [3.63, 3.8) is 0 Å². The summed E-state index contributed by atoms with van der Waals surface area (Å²) in [5.41, 5.74) is 0.719. The normalized spacial score (nSPS) is 9.43. The number of hydrogen-bond donors (Lipinski definition) is 2. The summed E-state index contributed by atoms with van der Waals surface area (Å²) >= 11 is 0. The van der Waals surface area contributed by atoms with Crippen molar-refractivity contribution in [1.29, 1.82) is 0 Å². The summed E-state index contributed by atoms with van der Waals surface area (Å²) in [4.78, 5) is 11.2. The van der Waals surface area contributed by atoms with Crippen LogP contribution in [0.5, 0.6) is 0 Å². The van der Waals surface area contributed by atoms with Crippen molar-refractivity contribution in [2.75, 3.05) is 18.4 Å². The maximum atomic E-state index is 11.2. The SMILES string of the molecule is C#CCNCC(=O)Nc1cc(C)no1. The second-order valence-corrected chi connectivity index (χ2v) is 2.69. The largest absolute Gasteiger partial charge is 0.338 e. The van der Waals surface area contributed by atoms with Gasteiger partial charge >= 0.3 is 0 Å². The minimum atomic E-state index is -0.212. The molecular formula is C9H11N3O2. The summed E-state index contributed by atoms with van der Waals surface area (Å²) in [7, 11) is 0. The van der Waals surface area contributed by atoms with Gasteiger partial charge in [-0.2, -0.15) is 0 Å². The first-order chi connectivity index (χ1) is 6.72. The van der Waals surface area contributed by atoms with Gasteiger partial charge in [-0.3, -0.25) is 15.4 Å². The van der Waals surface area contributed by atoms with E-state index in [4.69, 9.17) is 10.9 Å². The Hall–Kier alpha value is -1.80. The van der Waals surface area contributed by atoms with Crippen LogP contribution in [0.15, 0.2) is 10.6 Å². The summed E-state index contributed by atoms with van der Waals surface area (Å²) in [6.07, 6.45) is 5.00. The first-order valence-electron chi connectivity index (χ1n) is 4.09. The van der Waals surface area contributed by atoms with Crippen LogP contribution in [0, 0.1) is 19.3 Å². The molecule has 0 aliphatic carbocycles. The Kier molecular flexibility index (Phi) is 3.70. The number of nitrogens with one attached hydrogen (secondary N) is 2. The molecule has 1 amide bonds. The molecule has 0 unspecified atom stereocenters. The molecule has 0 radical (unpaired) electrons. The van der Waals surface area contributed by atoms with Gasteiger partial charge in [0.15, 0.2) is 0 Å². The van der Waals surface area contributed by atoms with Gasteiger partial charge in [-0.25, -0.2) is 0 Å². The lowest BCUT2D eigenvalue weighted by atomic mass is 10.4. The molecule has 0 fully saturated rings. The van der Waals surface area contributed by atoms with E-state index < -0.39 is 0 Å². The topological polar surface area (TPSA) is 67.2 Å². The number of carbonyl (C=O) groups excluding carboxylic acids is 1. The summed E-state index contributed by atoms with van der Waals surface area (Å²) in [6.45, 7) is 2.29. The summed E-state index contributed by atoms with van der Waals surface area (Å²) in [5, 5.41) is 8.90. The zero-order valence-corrected chi connectivity index (χ0v) is 7.83. The average molecular weight is 193 g/mol. The predicted octanol–water partition coefficient (Wildman–Crippen LogP) is 0.144.